The van der Waals surface area contributed by atoms with Crippen molar-refractivity contribution in [2.75, 3.05) is 25.7 Å². The van der Waals surface area contributed by atoms with Crippen molar-refractivity contribution >= 4 is 28.0 Å². The first kappa shape index (κ1) is 18.5. The molecule has 0 aromatic heterocycles. The summed E-state index contributed by atoms with van der Waals surface area (Å²) in [6.45, 7) is 3.20. The standard InChI is InChI=1S/C16H22BrNO4/c1-3-9-22-18-14(12-16(19)20-2)11-13-4-6-15(7-5-13)21-10-8-17/h4-7,11,18H,3,8-10,12H2,1-2H3. The Morgan fingerprint density at radius 1 is 1.27 bits per heavy atom. The zero-order valence-corrected chi connectivity index (χ0v) is 14.5. The number of hydrogen-bond donors (Lipinski definition) is 1. The summed E-state index contributed by atoms with van der Waals surface area (Å²) in [7, 11) is 1.36. The molecule has 5 nitrogen and oxygen atoms in total. The maximum absolute atomic E-state index is 11.4. The van der Waals surface area contributed by atoms with Gasteiger partial charge >= 0.3 is 5.97 Å². The summed E-state index contributed by atoms with van der Waals surface area (Å²) in [6, 6.07) is 7.61. The predicted octanol–water partition coefficient (Wildman–Crippen LogP) is 3.30. The Morgan fingerprint density at radius 3 is 2.59 bits per heavy atom. The van der Waals surface area contributed by atoms with Gasteiger partial charge in [-0.3, -0.25) is 15.1 Å². The van der Waals surface area contributed by atoms with Crippen LogP contribution in [0.3, 0.4) is 0 Å². The number of hydrogen-bond acceptors (Lipinski definition) is 5. The largest absolute Gasteiger partial charge is 0.493 e. The van der Waals surface area contributed by atoms with Crippen molar-refractivity contribution in [1.29, 1.82) is 0 Å². The Balaban J connectivity index is 2.73. The molecule has 0 unspecified atom stereocenters. The second-order valence-corrected chi connectivity index (χ2v) is 5.27. The summed E-state index contributed by atoms with van der Waals surface area (Å²) in [5.74, 6) is 0.484. The van der Waals surface area contributed by atoms with Crippen molar-refractivity contribution in [3.05, 3.63) is 35.5 Å². The molecule has 0 amide bonds. The van der Waals surface area contributed by atoms with E-state index in [1.165, 1.54) is 7.11 Å². The van der Waals surface area contributed by atoms with Crippen molar-refractivity contribution in [2.45, 2.75) is 19.8 Å². The molecule has 0 heterocycles. The van der Waals surface area contributed by atoms with E-state index in [-0.39, 0.29) is 12.4 Å². The van der Waals surface area contributed by atoms with Gasteiger partial charge in [-0.2, -0.15) is 0 Å². The van der Waals surface area contributed by atoms with Crippen LogP contribution < -0.4 is 10.2 Å². The molecular weight excluding hydrogens is 350 g/mol. The molecule has 0 spiro atoms. The molecule has 0 saturated carbocycles. The number of esters is 1. The Bertz CT molecular complexity index is 474. The van der Waals surface area contributed by atoms with Gasteiger partial charge < -0.3 is 9.47 Å². The summed E-state index contributed by atoms with van der Waals surface area (Å²) < 4.78 is 10.2. The first-order chi connectivity index (χ1) is 10.7. The van der Waals surface area contributed by atoms with Crippen LogP contribution in [0.2, 0.25) is 0 Å². The quantitative estimate of drug-likeness (QED) is 0.296. The molecule has 0 atom stereocenters. The summed E-state index contributed by atoms with van der Waals surface area (Å²) >= 11 is 3.31. The van der Waals surface area contributed by atoms with Gasteiger partial charge in [0, 0.05) is 11.0 Å². The highest BCUT2D eigenvalue weighted by Crippen LogP contribution is 2.15. The van der Waals surface area contributed by atoms with Crippen LogP contribution in [-0.2, 0) is 14.4 Å². The highest BCUT2D eigenvalue weighted by atomic mass is 79.9. The van der Waals surface area contributed by atoms with Gasteiger partial charge in [-0.25, -0.2) is 0 Å². The Kier molecular flexibility index (Phi) is 9.34. The fraction of sp³-hybridized carbons (Fsp3) is 0.438. The maximum Gasteiger partial charge on any atom is 0.311 e. The zero-order valence-electron chi connectivity index (χ0n) is 12.9. The first-order valence-electron chi connectivity index (χ1n) is 7.13. The number of ether oxygens (including phenoxy) is 2. The summed E-state index contributed by atoms with van der Waals surface area (Å²) in [5, 5.41) is 0.788. The predicted molar refractivity (Wildman–Crippen MR) is 89.7 cm³/mol. The van der Waals surface area contributed by atoms with E-state index < -0.39 is 0 Å². The molecule has 6 heteroatoms. The molecule has 1 rings (SSSR count). The van der Waals surface area contributed by atoms with Crippen molar-refractivity contribution in [2.24, 2.45) is 0 Å². The van der Waals surface area contributed by atoms with Gasteiger partial charge in [0.05, 0.1) is 26.7 Å². The van der Waals surface area contributed by atoms with E-state index in [0.717, 1.165) is 23.1 Å². The van der Waals surface area contributed by atoms with E-state index in [4.69, 9.17) is 9.57 Å². The van der Waals surface area contributed by atoms with E-state index >= 15 is 0 Å². The van der Waals surface area contributed by atoms with Gasteiger partial charge in [0.2, 0.25) is 0 Å². The Morgan fingerprint density at radius 2 is 2.00 bits per heavy atom. The third-order valence-electron chi connectivity index (χ3n) is 2.64. The molecule has 0 bridgehead atoms. The van der Waals surface area contributed by atoms with Crippen LogP contribution >= 0.6 is 15.9 Å². The monoisotopic (exact) mass is 371 g/mol. The van der Waals surface area contributed by atoms with Gasteiger partial charge in [-0.15, -0.1) is 0 Å². The smallest absolute Gasteiger partial charge is 0.311 e. The number of alkyl halides is 1. The number of rotatable bonds is 10. The van der Waals surface area contributed by atoms with Crippen molar-refractivity contribution in [3.63, 3.8) is 0 Å². The summed E-state index contributed by atoms with van der Waals surface area (Å²) in [6.07, 6.45) is 2.86. The topological polar surface area (TPSA) is 56.8 Å². The third-order valence-corrected chi connectivity index (χ3v) is 2.96. The SMILES string of the molecule is CCCONC(=Cc1ccc(OCCBr)cc1)CC(=O)OC. The second kappa shape index (κ2) is 11.1. The average Bonchev–Trinajstić information content (AvgIpc) is 2.54. The molecule has 22 heavy (non-hydrogen) atoms. The van der Waals surface area contributed by atoms with E-state index in [0.29, 0.717) is 18.9 Å². The molecule has 0 aliphatic heterocycles. The zero-order chi connectivity index (χ0) is 16.2. The molecule has 1 aromatic carbocycles. The number of carbonyl (C=O) groups excluding carboxylic acids is 1. The van der Waals surface area contributed by atoms with E-state index in [9.17, 15) is 4.79 Å². The van der Waals surface area contributed by atoms with Crippen LogP contribution in [0, 0.1) is 0 Å². The number of nitrogens with one attached hydrogen (secondary N) is 1. The van der Waals surface area contributed by atoms with Crippen molar-refractivity contribution < 1.29 is 19.1 Å². The number of carbonyl (C=O) groups is 1. The lowest BCUT2D eigenvalue weighted by molar-refractivity contribution is -0.140. The van der Waals surface area contributed by atoms with E-state index in [2.05, 4.69) is 26.1 Å². The van der Waals surface area contributed by atoms with Crippen LogP contribution in [0.15, 0.2) is 30.0 Å². The molecule has 0 aliphatic rings. The number of benzene rings is 1. The summed E-state index contributed by atoms with van der Waals surface area (Å²) in [5.41, 5.74) is 4.40. The molecule has 1 aromatic rings. The van der Waals surface area contributed by atoms with Gasteiger partial charge in [0.15, 0.2) is 0 Å². The molecule has 1 N–H and O–H groups in total. The lowest BCUT2D eigenvalue weighted by Gasteiger charge is -2.10. The molecule has 0 radical (unpaired) electrons. The summed E-state index contributed by atoms with van der Waals surface area (Å²) in [4.78, 5) is 16.7. The van der Waals surface area contributed by atoms with Crippen LogP contribution in [0.1, 0.15) is 25.3 Å². The number of halogens is 1. The molecule has 0 saturated heterocycles. The van der Waals surface area contributed by atoms with E-state index in [1.54, 1.807) is 0 Å². The molecule has 0 fully saturated rings. The highest BCUT2D eigenvalue weighted by molar-refractivity contribution is 9.09. The Hall–Kier alpha value is -1.53. The number of methoxy groups -OCH3 is 1. The minimum Gasteiger partial charge on any atom is -0.493 e. The molecular formula is C16H22BrNO4. The van der Waals surface area contributed by atoms with Crippen LogP contribution in [-0.4, -0.2) is 31.6 Å². The van der Waals surface area contributed by atoms with Gasteiger partial charge in [0.25, 0.3) is 0 Å². The van der Waals surface area contributed by atoms with Gasteiger partial charge in [-0.1, -0.05) is 35.0 Å². The minimum absolute atomic E-state index is 0.127. The van der Waals surface area contributed by atoms with Gasteiger partial charge in [-0.05, 0) is 30.2 Å². The van der Waals surface area contributed by atoms with Gasteiger partial charge in [0.1, 0.15) is 5.75 Å². The molecule has 0 aliphatic carbocycles. The third kappa shape index (κ3) is 7.47. The lowest BCUT2D eigenvalue weighted by atomic mass is 10.1. The highest BCUT2D eigenvalue weighted by Gasteiger charge is 2.06. The average molecular weight is 372 g/mol. The van der Waals surface area contributed by atoms with Crippen LogP contribution in [0.4, 0.5) is 0 Å². The molecule has 122 valence electrons. The minimum atomic E-state index is -0.323. The maximum atomic E-state index is 11.4. The fourth-order valence-corrected chi connectivity index (χ4v) is 1.77. The van der Waals surface area contributed by atoms with Crippen LogP contribution in [0.25, 0.3) is 6.08 Å². The second-order valence-electron chi connectivity index (χ2n) is 4.48. The normalized spacial score (nSPS) is 11.1. The van der Waals surface area contributed by atoms with Crippen LogP contribution in [0.5, 0.6) is 5.75 Å². The number of hydroxylamine groups is 1. The Labute approximate surface area is 139 Å². The van der Waals surface area contributed by atoms with Crippen molar-refractivity contribution in [1.82, 2.24) is 5.48 Å². The first-order valence-corrected chi connectivity index (χ1v) is 8.25. The fourth-order valence-electron chi connectivity index (χ4n) is 1.61. The van der Waals surface area contributed by atoms with E-state index in [1.807, 2.05) is 37.3 Å². The lowest BCUT2D eigenvalue weighted by Crippen LogP contribution is -2.18. The van der Waals surface area contributed by atoms with Crippen molar-refractivity contribution in [3.8, 4) is 5.75 Å².